The number of aromatic nitrogens is 2. The van der Waals surface area contributed by atoms with E-state index in [0.717, 1.165) is 4.88 Å². The first-order chi connectivity index (χ1) is 7.77. The second kappa shape index (κ2) is 3.31. The van der Waals surface area contributed by atoms with Gasteiger partial charge in [-0.25, -0.2) is 9.37 Å². The Bertz CT molecular complexity index is 643. The molecule has 3 aromatic rings. The average Bonchev–Trinajstić information content (AvgIpc) is 2.88. The first kappa shape index (κ1) is 9.35. The van der Waals surface area contributed by atoms with E-state index in [-0.39, 0.29) is 11.5 Å². The molecule has 0 atom stereocenters. The van der Waals surface area contributed by atoms with Crippen LogP contribution in [0.15, 0.2) is 35.8 Å². The summed E-state index contributed by atoms with van der Waals surface area (Å²) >= 11 is 1.53. The van der Waals surface area contributed by atoms with Crippen LogP contribution in [0, 0.1) is 5.82 Å². The molecular formula is C11H8FN3S. The van der Waals surface area contributed by atoms with Crippen LogP contribution in [0.3, 0.4) is 0 Å². The van der Waals surface area contributed by atoms with Crippen molar-refractivity contribution in [1.29, 1.82) is 0 Å². The fraction of sp³-hybridized carbons (Fsp3) is 0. The van der Waals surface area contributed by atoms with Gasteiger partial charge in [0.1, 0.15) is 11.5 Å². The van der Waals surface area contributed by atoms with Crippen LogP contribution in [0.4, 0.5) is 10.2 Å². The number of hydrogen-bond donors (Lipinski definition) is 1. The molecule has 0 radical (unpaired) electrons. The Morgan fingerprint density at radius 1 is 1.31 bits per heavy atom. The van der Waals surface area contributed by atoms with E-state index in [1.165, 1.54) is 17.4 Å². The minimum atomic E-state index is -0.364. The maximum absolute atomic E-state index is 13.5. The van der Waals surface area contributed by atoms with Crippen molar-refractivity contribution in [3.8, 4) is 10.6 Å². The van der Waals surface area contributed by atoms with Crippen molar-refractivity contribution in [2.24, 2.45) is 0 Å². The summed E-state index contributed by atoms with van der Waals surface area (Å²) in [5.41, 5.74) is 6.85. The lowest BCUT2D eigenvalue weighted by molar-refractivity contribution is 0.630. The van der Waals surface area contributed by atoms with E-state index in [4.69, 9.17) is 5.73 Å². The highest BCUT2D eigenvalue weighted by Crippen LogP contribution is 2.30. The summed E-state index contributed by atoms with van der Waals surface area (Å²) < 4.78 is 15.0. The van der Waals surface area contributed by atoms with E-state index in [1.54, 1.807) is 16.7 Å². The summed E-state index contributed by atoms with van der Waals surface area (Å²) in [4.78, 5) is 5.17. The normalized spacial score (nSPS) is 11.1. The monoisotopic (exact) mass is 233 g/mol. The third-order valence-corrected chi connectivity index (χ3v) is 3.27. The van der Waals surface area contributed by atoms with Crippen molar-refractivity contribution in [3.05, 3.63) is 41.7 Å². The minimum absolute atomic E-state index is 0.267. The highest BCUT2D eigenvalue weighted by Gasteiger charge is 2.13. The van der Waals surface area contributed by atoms with Gasteiger partial charge in [-0.1, -0.05) is 6.07 Å². The Morgan fingerprint density at radius 2 is 2.19 bits per heavy atom. The molecule has 2 N–H and O–H groups in total. The van der Waals surface area contributed by atoms with Gasteiger partial charge in [0.05, 0.1) is 4.88 Å². The molecule has 16 heavy (non-hydrogen) atoms. The number of rotatable bonds is 1. The Balaban J connectivity index is 2.36. The van der Waals surface area contributed by atoms with Crippen LogP contribution < -0.4 is 5.73 Å². The SMILES string of the molecule is Nc1c(-c2cccs2)nc2c(F)cccn12. The highest BCUT2D eigenvalue weighted by molar-refractivity contribution is 7.13. The second-order valence-electron chi connectivity index (χ2n) is 3.37. The molecule has 3 heterocycles. The maximum Gasteiger partial charge on any atom is 0.175 e. The Labute approximate surface area is 95.0 Å². The van der Waals surface area contributed by atoms with Crippen molar-refractivity contribution in [1.82, 2.24) is 9.38 Å². The van der Waals surface area contributed by atoms with E-state index < -0.39 is 0 Å². The van der Waals surface area contributed by atoms with Crippen LogP contribution >= 0.6 is 11.3 Å². The number of nitrogen functional groups attached to an aromatic ring is 1. The standard InChI is InChI=1S/C11H8FN3S/c12-7-3-1-5-15-10(13)9(14-11(7)15)8-4-2-6-16-8/h1-6H,13H2. The molecular weight excluding hydrogens is 225 g/mol. The van der Waals surface area contributed by atoms with Gasteiger partial charge in [-0.15, -0.1) is 11.3 Å². The number of pyridine rings is 1. The number of anilines is 1. The summed E-state index contributed by atoms with van der Waals surface area (Å²) in [5, 5.41) is 1.94. The highest BCUT2D eigenvalue weighted by atomic mass is 32.1. The molecule has 3 rings (SSSR count). The zero-order chi connectivity index (χ0) is 11.1. The molecule has 0 aliphatic rings. The van der Waals surface area contributed by atoms with Gasteiger partial charge in [0.15, 0.2) is 11.5 Å². The van der Waals surface area contributed by atoms with Crippen LogP contribution in [0.1, 0.15) is 0 Å². The Morgan fingerprint density at radius 3 is 2.88 bits per heavy atom. The van der Waals surface area contributed by atoms with Gasteiger partial charge < -0.3 is 5.73 Å². The van der Waals surface area contributed by atoms with E-state index >= 15 is 0 Å². The molecule has 0 unspecified atom stereocenters. The van der Waals surface area contributed by atoms with Crippen LogP contribution in [-0.4, -0.2) is 9.38 Å². The Kier molecular flexibility index (Phi) is 1.94. The number of imidazole rings is 1. The summed E-state index contributed by atoms with van der Waals surface area (Å²) in [7, 11) is 0. The molecule has 0 saturated heterocycles. The molecule has 0 aliphatic carbocycles. The lowest BCUT2D eigenvalue weighted by atomic mass is 10.3. The van der Waals surface area contributed by atoms with Gasteiger partial charge in [0.25, 0.3) is 0 Å². The lowest BCUT2D eigenvalue weighted by Gasteiger charge is -1.96. The first-order valence-corrected chi connectivity index (χ1v) is 5.61. The predicted molar refractivity (Wildman–Crippen MR) is 62.9 cm³/mol. The summed E-state index contributed by atoms with van der Waals surface area (Å²) in [6.07, 6.45) is 1.71. The summed E-state index contributed by atoms with van der Waals surface area (Å²) in [5.74, 6) is 0.106. The molecule has 3 nitrogen and oxygen atoms in total. The fourth-order valence-electron chi connectivity index (χ4n) is 1.65. The quantitative estimate of drug-likeness (QED) is 0.702. The van der Waals surface area contributed by atoms with Gasteiger partial charge >= 0.3 is 0 Å². The molecule has 0 bridgehead atoms. The third-order valence-electron chi connectivity index (χ3n) is 2.39. The number of nitrogens with zero attached hydrogens (tertiary/aromatic N) is 2. The molecule has 0 fully saturated rings. The van der Waals surface area contributed by atoms with Crippen LogP contribution in [0.25, 0.3) is 16.2 Å². The smallest absolute Gasteiger partial charge is 0.175 e. The van der Waals surface area contributed by atoms with E-state index in [2.05, 4.69) is 4.98 Å². The summed E-state index contributed by atoms with van der Waals surface area (Å²) in [6, 6.07) is 6.82. The van der Waals surface area contributed by atoms with E-state index in [0.29, 0.717) is 11.5 Å². The second-order valence-corrected chi connectivity index (χ2v) is 4.32. The molecule has 80 valence electrons. The first-order valence-electron chi connectivity index (χ1n) is 4.73. The topological polar surface area (TPSA) is 43.3 Å². The molecule has 0 aromatic carbocycles. The van der Waals surface area contributed by atoms with E-state index in [9.17, 15) is 4.39 Å². The zero-order valence-corrected chi connectivity index (χ0v) is 9.04. The third kappa shape index (κ3) is 1.22. The number of halogens is 1. The van der Waals surface area contributed by atoms with Crippen LogP contribution in [0.2, 0.25) is 0 Å². The van der Waals surface area contributed by atoms with Gasteiger partial charge in [0, 0.05) is 6.20 Å². The van der Waals surface area contributed by atoms with Crippen molar-refractivity contribution in [2.45, 2.75) is 0 Å². The zero-order valence-electron chi connectivity index (χ0n) is 8.22. The molecule has 3 aromatic heterocycles. The lowest BCUT2D eigenvalue weighted by Crippen LogP contribution is -1.94. The van der Waals surface area contributed by atoms with Gasteiger partial charge in [-0.3, -0.25) is 4.40 Å². The summed E-state index contributed by atoms with van der Waals surface area (Å²) in [6.45, 7) is 0. The van der Waals surface area contributed by atoms with Crippen molar-refractivity contribution < 1.29 is 4.39 Å². The van der Waals surface area contributed by atoms with Crippen molar-refractivity contribution in [3.63, 3.8) is 0 Å². The average molecular weight is 233 g/mol. The molecule has 5 heteroatoms. The van der Waals surface area contributed by atoms with E-state index in [1.807, 2.05) is 17.5 Å². The fourth-order valence-corrected chi connectivity index (χ4v) is 2.37. The largest absolute Gasteiger partial charge is 0.383 e. The predicted octanol–water partition coefficient (Wildman–Crippen LogP) is 2.78. The van der Waals surface area contributed by atoms with Crippen LogP contribution in [-0.2, 0) is 0 Å². The van der Waals surface area contributed by atoms with Gasteiger partial charge in [0.2, 0.25) is 0 Å². The Hall–Kier alpha value is -1.88. The number of hydrogen-bond acceptors (Lipinski definition) is 3. The maximum atomic E-state index is 13.5. The van der Waals surface area contributed by atoms with Crippen molar-refractivity contribution in [2.75, 3.05) is 5.73 Å². The molecule has 0 saturated carbocycles. The molecule has 0 spiro atoms. The molecule has 0 amide bonds. The molecule has 0 aliphatic heterocycles. The van der Waals surface area contributed by atoms with Crippen molar-refractivity contribution >= 4 is 22.8 Å². The van der Waals surface area contributed by atoms with Crippen LogP contribution in [0.5, 0.6) is 0 Å². The van der Waals surface area contributed by atoms with Gasteiger partial charge in [-0.05, 0) is 23.6 Å². The number of fused-ring (bicyclic) bond motifs is 1. The minimum Gasteiger partial charge on any atom is -0.383 e. The number of nitrogens with two attached hydrogens (primary N) is 1. The van der Waals surface area contributed by atoms with Gasteiger partial charge in [-0.2, -0.15) is 0 Å². The number of thiophene rings is 1.